The van der Waals surface area contributed by atoms with Crippen molar-refractivity contribution in [1.29, 1.82) is 0 Å². The van der Waals surface area contributed by atoms with Gasteiger partial charge in [0.1, 0.15) is 5.82 Å². The van der Waals surface area contributed by atoms with Crippen LogP contribution in [0.5, 0.6) is 0 Å². The first-order chi connectivity index (χ1) is 11.9. The van der Waals surface area contributed by atoms with E-state index in [0.29, 0.717) is 17.3 Å². The minimum absolute atomic E-state index is 0.319. The highest BCUT2D eigenvalue weighted by Gasteiger charge is 2.29. The average molecular weight is 344 g/mol. The predicted molar refractivity (Wildman–Crippen MR) is 92.1 cm³/mol. The van der Waals surface area contributed by atoms with Gasteiger partial charge in [-0.25, -0.2) is 9.18 Å². The number of carbonyl (C=O) groups is 2. The van der Waals surface area contributed by atoms with Crippen LogP contribution in [-0.4, -0.2) is 22.5 Å². The third-order valence-electron chi connectivity index (χ3n) is 4.36. The molecule has 0 unspecified atom stereocenters. The number of esters is 1. The smallest absolute Gasteiger partial charge is 0.340 e. The van der Waals surface area contributed by atoms with Crippen molar-refractivity contribution in [3.05, 3.63) is 53.1 Å². The number of halogens is 1. The summed E-state index contributed by atoms with van der Waals surface area (Å²) in [5.74, 6) is -1.48. The Bertz CT molecular complexity index is 824. The van der Waals surface area contributed by atoms with Crippen LogP contribution in [0.3, 0.4) is 0 Å². The fraction of sp³-hybridized carbons (Fsp3) is 0.368. The molecule has 25 heavy (non-hydrogen) atoms. The molecule has 1 atom stereocenters. The average Bonchev–Trinajstić information content (AvgIpc) is 3.32. The Hall–Kier alpha value is -2.63. The van der Waals surface area contributed by atoms with E-state index in [2.05, 4.69) is 9.88 Å². The lowest BCUT2D eigenvalue weighted by atomic mass is 10.2. The third-order valence-corrected chi connectivity index (χ3v) is 4.36. The van der Waals surface area contributed by atoms with Gasteiger partial charge in [0, 0.05) is 23.1 Å². The number of hydrogen-bond acceptors (Lipinski definition) is 3. The summed E-state index contributed by atoms with van der Waals surface area (Å²) < 4.78 is 20.6. The zero-order chi connectivity index (χ0) is 18.1. The third kappa shape index (κ3) is 3.73. The van der Waals surface area contributed by atoms with E-state index < -0.39 is 23.8 Å². The zero-order valence-electron chi connectivity index (χ0n) is 14.5. The molecule has 0 spiro atoms. The van der Waals surface area contributed by atoms with E-state index in [1.807, 2.05) is 13.8 Å². The molecule has 132 valence electrons. The van der Waals surface area contributed by atoms with Crippen LogP contribution in [0.4, 0.5) is 10.1 Å². The summed E-state index contributed by atoms with van der Waals surface area (Å²) in [4.78, 5) is 24.6. The highest BCUT2D eigenvalue weighted by molar-refractivity contribution is 5.97. The van der Waals surface area contributed by atoms with Gasteiger partial charge in [0.25, 0.3) is 5.91 Å². The molecule has 1 heterocycles. The van der Waals surface area contributed by atoms with E-state index in [0.717, 1.165) is 24.2 Å². The van der Waals surface area contributed by atoms with Crippen LogP contribution in [0.2, 0.25) is 0 Å². The fourth-order valence-corrected chi connectivity index (χ4v) is 2.97. The molecule has 1 aromatic carbocycles. The number of anilines is 1. The van der Waals surface area contributed by atoms with Crippen LogP contribution in [0, 0.1) is 19.7 Å². The number of rotatable bonds is 5. The summed E-state index contributed by atoms with van der Waals surface area (Å²) in [6.45, 7) is 5.34. The van der Waals surface area contributed by atoms with Crippen molar-refractivity contribution in [3.63, 3.8) is 0 Å². The van der Waals surface area contributed by atoms with Gasteiger partial charge in [0.05, 0.1) is 5.56 Å². The van der Waals surface area contributed by atoms with Crippen LogP contribution < -0.4 is 5.32 Å². The van der Waals surface area contributed by atoms with Crippen molar-refractivity contribution < 1.29 is 18.7 Å². The molecular formula is C19H21FN2O3. The lowest BCUT2D eigenvalue weighted by Crippen LogP contribution is -2.30. The summed E-state index contributed by atoms with van der Waals surface area (Å²) in [6.07, 6.45) is 1.26. The molecular weight excluding hydrogens is 323 g/mol. The topological polar surface area (TPSA) is 60.3 Å². The van der Waals surface area contributed by atoms with Crippen LogP contribution in [-0.2, 0) is 9.53 Å². The van der Waals surface area contributed by atoms with E-state index in [9.17, 15) is 14.0 Å². The molecule has 0 bridgehead atoms. The van der Waals surface area contributed by atoms with Gasteiger partial charge in [0.2, 0.25) is 0 Å². The predicted octanol–water partition coefficient (Wildman–Crippen LogP) is 3.76. The van der Waals surface area contributed by atoms with Gasteiger partial charge in [0.15, 0.2) is 6.10 Å². The van der Waals surface area contributed by atoms with Gasteiger partial charge in [-0.15, -0.1) is 0 Å². The summed E-state index contributed by atoms with van der Waals surface area (Å²) in [7, 11) is 0. The highest BCUT2D eigenvalue weighted by Crippen LogP contribution is 2.38. The van der Waals surface area contributed by atoms with Gasteiger partial charge in [-0.2, -0.15) is 0 Å². The monoisotopic (exact) mass is 344 g/mol. The Kier molecular flexibility index (Phi) is 4.61. The van der Waals surface area contributed by atoms with Crippen molar-refractivity contribution >= 4 is 17.6 Å². The van der Waals surface area contributed by atoms with Gasteiger partial charge in [-0.1, -0.05) is 6.07 Å². The maximum absolute atomic E-state index is 13.2. The van der Waals surface area contributed by atoms with E-state index in [-0.39, 0.29) is 0 Å². The minimum Gasteiger partial charge on any atom is -0.449 e. The molecule has 5 nitrogen and oxygen atoms in total. The van der Waals surface area contributed by atoms with Gasteiger partial charge in [-0.3, -0.25) is 4.79 Å². The van der Waals surface area contributed by atoms with Crippen molar-refractivity contribution in [3.8, 4) is 0 Å². The number of carbonyl (C=O) groups excluding carboxylic acids is 2. The second kappa shape index (κ2) is 6.70. The minimum atomic E-state index is -0.986. The number of nitrogens with zero attached hydrogens (tertiary/aromatic N) is 1. The van der Waals surface area contributed by atoms with E-state index in [1.54, 1.807) is 12.1 Å². The molecule has 0 radical (unpaired) electrons. The van der Waals surface area contributed by atoms with E-state index in [1.165, 1.54) is 25.1 Å². The van der Waals surface area contributed by atoms with E-state index >= 15 is 0 Å². The Morgan fingerprint density at radius 3 is 2.64 bits per heavy atom. The Morgan fingerprint density at radius 2 is 2.00 bits per heavy atom. The van der Waals surface area contributed by atoms with Crippen LogP contribution in [0.1, 0.15) is 47.6 Å². The molecule has 2 aromatic rings. The SMILES string of the molecule is Cc1cc(C(=O)O[C@@H](C)C(=O)Nc2cccc(F)c2)c(C)n1C1CC1. The number of amides is 1. The zero-order valence-corrected chi connectivity index (χ0v) is 14.5. The Balaban J connectivity index is 1.66. The molecule has 1 aliphatic carbocycles. The van der Waals surface area contributed by atoms with Gasteiger partial charge < -0.3 is 14.6 Å². The van der Waals surface area contributed by atoms with Crippen LogP contribution in [0.25, 0.3) is 0 Å². The summed E-state index contributed by atoms with van der Waals surface area (Å²) in [5, 5.41) is 2.54. The maximum atomic E-state index is 13.2. The molecule has 1 amide bonds. The molecule has 1 aliphatic rings. The van der Waals surface area contributed by atoms with Crippen molar-refractivity contribution in [1.82, 2.24) is 4.57 Å². The number of aryl methyl sites for hydroxylation is 1. The second-order valence-electron chi connectivity index (χ2n) is 6.43. The lowest BCUT2D eigenvalue weighted by Gasteiger charge is -2.14. The van der Waals surface area contributed by atoms with E-state index in [4.69, 9.17) is 4.74 Å². The van der Waals surface area contributed by atoms with Crippen LogP contribution in [0.15, 0.2) is 30.3 Å². The van der Waals surface area contributed by atoms with Crippen molar-refractivity contribution in [2.24, 2.45) is 0 Å². The quantitative estimate of drug-likeness (QED) is 0.840. The Labute approximate surface area is 145 Å². The van der Waals surface area contributed by atoms with Gasteiger partial charge >= 0.3 is 5.97 Å². The first kappa shape index (κ1) is 17.2. The first-order valence-electron chi connectivity index (χ1n) is 8.32. The number of benzene rings is 1. The lowest BCUT2D eigenvalue weighted by molar-refractivity contribution is -0.123. The molecule has 1 N–H and O–H groups in total. The standard InChI is InChI=1S/C19H21FN2O3/c1-11-9-17(12(2)22(11)16-7-8-16)19(24)25-13(3)18(23)21-15-6-4-5-14(20)10-15/h4-6,9-10,13,16H,7-8H2,1-3H3,(H,21,23)/t13-/m0/s1. The molecule has 0 saturated heterocycles. The van der Waals surface area contributed by atoms with Crippen molar-refractivity contribution in [2.75, 3.05) is 5.32 Å². The normalized spacial score (nSPS) is 14.9. The first-order valence-corrected chi connectivity index (χ1v) is 8.32. The summed E-state index contributed by atoms with van der Waals surface area (Å²) >= 11 is 0. The largest absolute Gasteiger partial charge is 0.449 e. The molecule has 3 rings (SSSR count). The molecule has 1 aromatic heterocycles. The second-order valence-corrected chi connectivity index (χ2v) is 6.43. The summed E-state index contributed by atoms with van der Waals surface area (Å²) in [6, 6.07) is 7.82. The summed E-state index contributed by atoms with van der Waals surface area (Å²) in [5.41, 5.74) is 2.68. The number of ether oxygens (including phenoxy) is 1. The fourth-order valence-electron chi connectivity index (χ4n) is 2.97. The number of hydrogen-bond donors (Lipinski definition) is 1. The number of nitrogens with one attached hydrogen (secondary N) is 1. The highest BCUT2D eigenvalue weighted by atomic mass is 19.1. The molecule has 6 heteroatoms. The molecule has 1 saturated carbocycles. The van der Waals surface area contributed by atoms with Crippen molar-refractivity contribution in [2.45, 2.75) is 45.8 Å². The maximum Gasteiger partial charge on any atom is 0.340 e. The van der Waals surface area contributed by atoms with Crippen LogP contribution >= 0.6 is 0 Å². The van der Waals surface area contributed by atoms with Gasteiger partial charge in [-0.05, 0) is 57.9 Å². The Morgan fingerprint density at radius 1 is 1.28 bits per heavy atom. The molecule has 1 fully saturated rings. The molecule has 0 aliphatic heterocycles. The number of aromatic nitrogens is 1.